The second-order valence-electron chi connectivity index (χ2n) is 5.47. The second-order valence-corrected chi connectivity index (χ2v) is 6.46. The summed E-state index contributed by atoms with van der Waals surface area (Å²) in [6.07, 6.45) is 0. The molecule has 126 valence electrons. The molecule has 1 aromatic carbocycles. The van der Waals surface area contributed by atoms with Crippen LogP contribution in [0, 0.1) is 6.92 Å². The molecule has 1 aromatic rings. The molecule has 0 aliphatic heterocycles. The lowest BCUT2D eigenvalue weighted by atomic mass is 10.1. The Hall–Kier alpha value is -2.02. The monoisotopic (exact) mass is 338 g/mol. The topological polar surface area (TPSA) is 86.7 Å². The molecule has 0 aliphatic carbocycles. The van der Waals surface area contributed by atoms with Crippen molar-refractivity contribution in [2.24, 2.45) is 0 Å². The van der Waals surface area contributed by atoms with Crippen LogP contribution in [0.2, 0.25) is 0 Å². The average molecular weight is 338 g/mol. The number of carboxylic acid groups (broad SMARTS) is 1. The molecule has 0 aliphatic rings. The van der Waals surface area contributed by atoms with Crippen LogP contribution >= 0.6 is 11.8 Å². The Morgan fingerprint density at radius 1 is 1.26 bits per heavy atom. The van der Waals surface area contributed by atoms with Gasteiger partial charge in [0, 0.05) is 24.3 Å². The number of aliphatic carboxylic acids is 1. The molecule has 2 amide bonds. The minimum Gasteiger partial charge on any atom is -0.481 e. The summed E-state index contributed by atoms with van der Waals surface area (Å²) in [5.74, 6) is -1.42. The van der Waals surface area contributed by atoms with Gasteiger partial charge in [-0.25, -0.2) is 0 Å². The molecule has 0 atom stereocenters. The molecule has 0 unspecified atom stereocenters. The highest BCUT2D eigenvalue weighted by Gasteiger charge is 2.17. The first-order valence-corrected chi connectivity index (χ1v) is 8.35. The molecule has 6 nitrogen and oxygen atoms in total. The minimum atomic E-state index is -0.956. The first-order chi connectivity index (χ1) is 10.7. The van der Waals surface area contributed by atoms with Crippen molar-refractivity contribution in [3.05, 3.63) is 29.3 Å². The van der Waals surface area contributed by atoms with E-state index in [1.165, 1.54) is 0 Å². The van der Waals surface area contributed by atoms with Crippen molar-refractivity contribution in [2.75, 3.05) is 23.9 Å². The molecule has 0 radical (unpaired) electrons. The van der Waals surface area contributed by atoms with Gasteiger partial charge in [-0.3, -0.25) is 14.4 Å². The predicted molar refractivity (Wildman–Crippen MR) is 92.0 cm³/mol. The van der Waals surface area contributed by atoms with E-state index in [2.05, 4.69) is 5.32 Å². The summed E-state index contributed by atoms with van der Waals surface area (Å²) in [6, 6.07) is 5.23. The lowest BCUT2D eigenvalue weighted by molar-refractivity contribution is -0.133. The Morgan fingerprint density at radius 3 is 2.48 bits per heavy atom. The van der Waals surface area contributed by atoms with E-state index in [0.717, 1.165) is 17.3 Å². The van der Waals surface area contributed by atoms with Crippen molar-refractivity contribution in [2.45, 2.75) is 26.8 Å². The number of carbonyl (C=O) groups is 3. The van der Waals surface area contributed by atoms with Crippen molar-refractivity contribution in [3.8, 4) is 0 Å². The van der Waals surface area contributed by atoms with E-state index < -0.39 is 5.97 Å². The summed E-state index contributed by atoms with van der Waals surface area (Å²) >= 11 is 1.02. The molecular weight excluding hydrogens is 316 g/mol. The number of aryl methyl sites for hydroxylation is 1. The number of amides is 2. The van der Waals surface area contributed by atoms with Crippen molar-refractivity contribution in [1.29, 1.82) is 0 Å². The van der Waals surface area contributed by atoms with Crippen molar-refractivity contribution in [3.63, 3.8) is 0 Å². The van der Waals surface area contributed by atoms with Crippen molar-refractivity contribution >= 4 is 35.2 Å². The minimum absolute atomic E-state index is 0.0509. The van der Waals surface area contributed by atoms with Gasteiger partial charge in [0.15, 0.2) is 0 Å². The van der Waals surface area contributed by atoms with E-state index in [0.29, 0.717) is 11.3 Å². The van der Waals surface area contributed by atoms with Gasteiger partial charge in [-0.15, -0.1) is 11.8 Å². The van der Waals surface area contributed by atoms with Crippen molar-refractivity contribution in [1.82, 2.24) is 4.90 Å². The standard InChI is InChI=1S/C16H22N2O4S/c1-10(2)18(4)16(22)13-7-12(6-5-11(13)3)17-14(19)8-23-9-15(20)21/h5-7,10H,8-9H2,1-4H3,(H,17,19)(H,20,21). The molecule has 0 fully saturated rings. The fourth-order valence-corrected chi connectivity index (χ4v) is 2.32. The van der Waals surface area contributed by atoms with Crippen LogP contribution in [0.1, 0.15) is 29.8 Å². The van der Waals surface area contributed by atoms with Crippen LogP contribution in [-0.2, 0) is 9.59 Å². The zero-order valence-corrected chi connectivity index (χ0v) is 14.6. The van der Waals surface area contributed by atoms with Crippen LogP contribution in [0.25, 0.3) is 0 Å². The van der Waals surface area contributed by atoms with Crippen LogP contribution < -0.4 is 5.32 Å². The molecule has 2 N–H and O–H groups in total. The first kappa shape index (κ1) is 19.0. The summed E-state index contributed by atoms with van der Waals surface area (Å²) in [4.78, 5) is 36.3. The molecule has 0 heterocycles. The Morgan fingerprint density at radius 2 is 1.91 bits per heavy atom. The van der Waals surface area contributed by atoms with Crippen molar-refractivity contribution < 1.29 is 19.5 Å². The molecule has 1 rings (SSSR count). The van der Waals surface area contributed by atoms with Gasteiger partial charge in [0.1, 0.15) is 0 Å². The number of nitrogens with zero attached hydrogens (tertiary/aromatic N) is 1. The van der Waals surface area contributed by atoms with Gasteiger partial charge < -0.3 is 15.3 Å². The van der Waals surface area contributed by atoms with Gasteiger partial charge in [-0.05, 0) is 38.5 Å². The number of anilines is 1. The SMILES string of the molecule is Cc1ccc(NC(=O)CSCC(=O)O)cc1C(=O)N(C)C(C)C. The lowest BCUT2D eigenvalue weighted by Crippen LogP contribution is -2.33. The third-order valence-electron chi connectivity index (χ3n) is 3.31. The van der Waals surface area contributed by atoms with E-state index >= 15 is 0 Å². The normalized spacial score (nSPS) is 10.5. The smallest absolute Gasteiger partial charge is 0.313 e. The number of carbonyl (C=O) groups excluding carboxylic acids is 2. The highest BCUT2D eigenvalue weighted by molar-refractivity contribution is 8.00. The van der Waals surface area contributed by atoms with E-state index in [4.69, 9.17) is 5.11 Å². The predicted octanol–water partition coefficient (Wildman–Crippen LogP) is 2.23. The highest BCUT2D eigenvalue weighted by Crippen LogP contribution is 2.18. The Labute approximate surface area is 140 Å². The molecule has 23 heavy (non-hydrogen) atoms. The van der Waals surface area contributed by atoms with Gasteiger partial charge in [0.05, 0.1) is 11.5 Å². The van der Waals surface area contributed by atoms with Crippen LogP contribution in [0.5, 0.6) is 0 Å². The maximum atomic E-state index is 12.4. The maximum Gasteiger partial charge on any atom is 0.313 e. The van der Waals surface area contributed by atoms with Gasteiger partial charge in [0.2, 0.25) is 5.91 Å². The molecular formula is C16H22N2O4S. The third kappa shape index (κ3) is 5.94. The zero-order chi connectivity index (χ0) is 17.6. The fourth-order valence-electron chi connectivity index (χ4n) is 1.78. The number of nitrogens with one attached hydrogen (secondary N) is 1. The number of carboxylic acids is 1. The molecule has 0 aromatic heterocycles. The van der Waals surface area contributed by atoms with E-state index in [9.17, 15) is 14.4 Å². The van der Waals surface area contributed by atoms with E-state index in [-0.39, 0.29) is 29.4 Å². The molecule has 0 bridgehead atoms. The van der Waals surface area contributed by atoms with E-state index in [1.807, 2.05) is 20.8 Å². The summed E-state index contributed by atoms with van der Waals surface area (Å²) < 4.78 is 0. The van der Waals surface area contributed by atoms with Gasteiger partial charge in [-0.2, -0.15) is 0 Å². The van der Waals surface area contributed by atoms with Gasteiger partial charge in [-0.1, -0.05) is 6.07 Å². The van der Waals surface area contributed by atoms with Gasteiger partial charge in [0.25, 0.3) is 5.91 Å². The summed E-state index contributed by atoms with van der Waals surface area (Å²) in [7, 11) is 1.74. The first-order valence-electron chi connectivity index (χ1n) is 7.19. The number of thioether (sulfide) groups is 1. The molecule has 0 spiro atoms. The fraction of sp³-hybridized carbons (Fsp3) is 0.438. The number of rotatable bonds is 7. The Kier molecular flexibility index (Phi) is 7.09. The Bertz CT molecular complexity index is 602. The van der Waals surface area contributed by atoms with E-state index in [1.54, 1.807) is 30.1 Å². The largest absolute Gasteiger partial charge is 0.481 e. The number of benzene rings is 1. The van der Waals surface area contributed by atoms with Crippen LogP contribution in [0.3, 0.4) is 0 Å². The van der Waals surface area contributed by atoms with Crippen LogP contribution in [0.15, 0.2) is 18.2 Å². The number of hydrogen-bond donors (Lipinski definition) is 2. The highest BCUT2D eigenvalue weighted by atomic mass is 32.2. The summed E-state index contributed by atoms with van der Waals surface area (Å²) in [5, 5.41) is 11.2. The summed E-state index contributed by atoms with van der Waals surface area (Å²) in [5.41, 5.74) is 1.90. The average Bonchev–Trinajstić information content (AvgIpc) is 2.47. The zero-order valence-electron chi connectivity index (χ0n) is 13.8. The molecule has 0 saturated carbocycles. The van der Waals surface area contributed by atoms with Crippen LogP contribution in [-0.4, -0.2) is 52.4 Å². The second kappa shape index (κ2) is 8.57. The number of hydrogen-bond acceptors (Lipinski definition) is 4. The van der Waals surface area contributed by atoms with Gasteiger partial charge >= 0.3 is 5.97 Å². The van der Waals surface area contributed by atoms with Crippen LogP contribution in [0.4, 0.5) is 5.69 Å². The lowest BCUT2D eigenvalue weighted by Gasteiger charge is -2.22. The summed E-state index contributed by atoms with van der Waals surface area (Å²) in [6.45, 7) is 5.70. The quantitative estimate of drug-likeness (QED) is 0.796. The Balaban J connectivity index is 2.79. The molecule has 7 heteroatoms. The maximum absolute atomic E-state index is 12.4. The molecule has 0 saturated heterocycles. The third-order valence-corrected chi connectivity index (χ3v) is 4.22.